The van der Waals surface area contributed by atoms with E-state index >= 15 is 0 Å². The molecule has 0 saturated carbocycles. The maximum absolute atomic E-state index is 11.6. The van der Waals surface area contributed by atoms with Crippen LogP contribution in [0.1, 0.15) is 23.0 Å². The van der Waals surface area contributed by atoms with Crippen molar-refractivity contribution >= 4 is 44.5 Å². The molecule has 0 saturated heterocycles. The van der Waals surface area contributed by atoms with Crippen LogP contribution in [0.15, 0.2) is 22.9 Å². The van der Waals surface area contributed by atoms with Crippen LogP contribution in [0.25, 0.3) is 5.65 Å². The lowest BCUT2D eigenvalue weighted by Gasteiger charge is -1.98. The molecule has 6 heteroatoms. The molecule has 0 atom stereocenters. The van der Waals surface area contributed by atoms with Gasteiger partial charge in [0, 0.05) is 6.20 Å². The average Bonchev–Trinajstić information content (AvgIpc) is 2.56. The second kappa shape index (κ2) is 5.64. The van der Waals surface area contributed by atoms with Gasteiger partial charge in [0.2, 0.25) is 0 Å². The van der Waals surface area contributed by atoms with Crippen molar-refractivity contribution in [2.75, 3.05) is 6.61 Å². The summed E-state index contributed by atoms with van der Waals surface area (Å²) in [7, 11) is 0. The van der Waals surface area contributed by atoms with Gasteiger partial charge in [-0.2, -0.15) is 0 Å². The Kier molecular flexibility index (Phi) is 4.70. The predicted molar refractivity (Wildman–Crippen MR) is 73.9 cm³/mol. The molecule has 0 aromatic carbocycles. The molecular weight excluding hydrogens is 352 g/mol. The average molecular weight is 364 g/mol. The second-order valence-corrected chi connectivity index (χ2v) is 4.16. The fourth-order valence-electron chi connectivity index (χ4n) is 1.45. The van der Waals surface area contributed by atoms with Gasteiger partial charge in [0.1, 0.15) is 10.3 Å². The van der Waals surface area contributed by atoms with E-state index in [0.29, 0.717) is 16.9 Å². The van der Waals surface area contributed by atoms with Crippen LogP contribution in [0.3, 0.4) is 0 Å². The molecule has 0 amide bonds. The molecule has 0 fully saturated rings. The van der Waals surface area contributed by atoms with Gasteiger partial charge in [0.15, 0.2) is 5.69 Å². The van der Waals surface area contributed by atoms with E-state index in [9.17, 15) is 4.79 Å². The molecule has 0 unspecified atom stereocenters. The summed E-state index contributed by atoms with van der Waals surface area (Å²) in [4.78, 5) is 15.8. The Balaban J connectivity index is 0.00000144. The predicted octanol–water partition coefficient (Wildman–Crippen LogP) is 3.16. The number of carbonyl (C=O) groups is 1. The Morgan fingerprint density at radius 3 is 2.94 bits per heavy atom. The normalized spacial score (nSPS) is 10.1. The Bertz CT molecular complexity index is 552. The first kappa shape index (κ1) is 14.2. The molecule has 0 bridgehead atoms. The molecule has 0 radical (unpaired) electrons. The molecule has 0 aliphatic carbocycles. The van der Waals surface area contributed by atoms with Crippen molar-refractivity contribution in [2.24, 2.45) is 0 Å². The molecule has 2 rings (SSSR count). The zero-order valence-corrected chi connectivity index (χ0v) is 12.7. The first-order valence-corrected chi connectivity index (χ1v) is 5.74. The highest BCUT2D eigenvalue weighted by molar-refractivity contribution is 9.10. The van der Waals surface area contributed by atoms with Crippen LogP contribution in [-0.2, 0) is 4.74 Å². The quantitative estimate of drug-likeness (QED) is 0.770. The Morgan fingerprint density at radius 2 is 2.29 bits per heavy atom. The summed E-state index contributed by atoms with van der Waals surface area (Å²) in [6.07, 6.45) is 1.87. The summed E-state index contributed by atoms with van der Waals surface area (Å²) in [6, 6.07) is 3.86. The monoisotopic (exact) mass is 362 g/mol. The van der Waals surface area contributed by atoms with Crippen LogP contribution in [0.2, 0.25) is 0 Å². The highest BCUT2D eigenvalue weighted by Gasteiger charge is 2.17. The van der Waals surface area contributed by atoms with E-state index in [2.05, 4.69) is 20.9 Å². The van der Waals surface area contributed by atoms with Crippen molar-refractivity contribution in [3.05, 3.63) is 34.2 Å². The minimum Gasteiger partial charge on any atom is -0.461 e. The Labute approximate surface area is 118 Å². The highest BCUT2D eigenvalue weighted by atomic mass is 79.9. The highest BCUT2D eigenvalue weighted by Crippen LogP contribution is 2.20. The second-order valence-electron chi connectivity index (χ2n) is 3.40. The summed E-state index contributed by atoms with van der Waals surface area (Å²) >= 11 is 3.35. The molecule has 0 aliphatic rings. The molecule has 2 aromatic rings. The van der Waals surface area contributed by atoms with Crippen LogP contribution in [0.5, 0.6) is 0 Å². The van der Waals surface area contributed by atoms with Crippen LogP contribution < -0.4 is 0 Å². The van der Waals surface area contributed by atoms with Crippen molar-refractivity contribution < 1.29 is 9.53 Å². The molecule has 2 aromatic heterocycles. The lowest BCUT2D eigenvalue weighted by Crippen LogP contribution is -2.05. The Morgan fingerprint density at radius 1 is 1.59 bits per heavy atom. The number of carbonyl (C=O) groups excluding carboxylic acids is 1. The summed E-state index contributed by atoms with van der Waals surface area (Å²) in [5, 5.41) is 0. The van der Waals surface area contributed by atoms with Crippen LogP contribution in [0.4, 0.5) is 0 Å². The van der Waals surface area contributed by atoms with E-state index in [-0.39, 0.29) is 17.0 Å². The third kappa shape index (κ3) is 2.69. The minimum absolute atomic E-state index is 0. The molecular formula is C11H12Br2N2O2. The van der Waals surface area contributed by atoms with Gasteiger partial charge in [-0.05, 0) is 47.5 Å². The molecule has 0 aliphatic heterocycles. The lowest BCUT2D eigenvalue weighted by molar-refractivity contribution is 0.0519. The van der Waals surface area contributed by atoms with E-state index < -0.39 is 5.97 Å². The van der Waals surface area contributed by atoms with Crippen molar-refractivity contribution in [2.45, 2.75) is 13.8 Å². The summed E-state index contributed by atoms with van der Waals surface area (Å²) in [5.41, 5.74) is 2.14. The summed E-state index contributed by atoms with van der Waals surface area (Å²) in [6.45, 7) is 4.09. The maximum Gasteiger partial charge on any atom is 0.359 e. The van der Waals surface area contributed by atoms with E-state index in [1.165, 1.54) is 0 Å². The molecule has 2 heterocycles. The third-order valence-corrected chi connectivity index (χ3v) is 2.95. The van der Waals surface area contributed by atoms with Gasteiger partial charge in [0.25, 0.3) is 0 Å². The molecule has 92 valence electrons. The molecule has 0 N–H and O–H groups in total. The maximum atomic E-state index is 11.6. The van der Waals surface area contributed by atoms with Gasteiger partial charge < -0.3 is 4.74 Å². The number of esters is 1. The fourth-order valence-corrected chi connectivity index (χ4v) is 2.00. The van der Waals surface area contributed by atoms with Crippen LogP contribution in [-0.4, -0.2) is 22.0 Å². The van der Waals surface area contributed by atoms with Gasteiger partial charge >= 0.3 is 5.97 Å². The van der Waals surface area contributed by atoms with Gasteiger partial charge in [-0.3, -0.25) is 4.40 Å². The SMILES string of the molecule is Br.CCOC(=O)c1nc2cc(C)ccn2c1Br. The smallest absolute Gasteiger partial charge is 0.359 e. The minimum atomic E-state index is -0.407. The molecule has 4 nitrogen and oxygen atoms in total. The number of fused-ring (bicyclic) bond motifs is 1. The number of pyridine rings is 1. The largest absolute Gasteiger partial charge is 0.461 e. The first-order chi connectivity index (χ1) is 7.63. The number of hydrogen-bond acceptors (Lipinski definition) is 3. The zero-order chi connectivity index (χ0) is 11.7. The van der Waals surface area contributed by atoms with Gasteiger partial charge in [-0.25, -0.2) is 9.78 Å². The van der Waals surface area contributed by atoms with Crippen molar-refractivity contribution in [3.63, 3.8) is 0 Å². The Hall–Kier alpha value is -0.880. The van der Waals surface area contributed by atoms with Crippen molar-refractivity contribution in [1.82, 2.24) is 9.38 Å². The number of hydrogen-bond donors (Lipinski definition) is 0. The van der Waals surface area contributed by atoms with Crippen LogP contribution >= 0.6 is 32.9 Å². The van der Waals surface area contributed by atoms with Gasteiger partial charge in [-0.15, -0.1) is 17.0 Å². The van der Waals surface area contributed by atoms with E-state index in [1.54, 1.807) is 11.3 Å². The van der Waals surface area contributed by atoms with Crippen molar-refractivity contribution in [1.29, 1.82) is 0 Å². The summed E-state index contributed by atoms with van der Waals surface area (Å²) < 4.78 is 7.35. The lowest BCUT2D eigenvalue weighted by atomic mass is 10.3. The number of aryl methyl sites for hydroxylation is 1. The van der Waals surface area contributed by atoms with E-state index in [4.69, 9.17) is 4.74 Å². The first-order valence-electron chi connectivity index (χ1n) is 4.94. The number of imidazole rings is 1. The van der Waals surface area contributed by atoms with Crippen LogP contribution in [0, 0.1) is 6.92 Å². The number of ether oxygens (including phenoxy) is 1. The van der Waals surface area contributed by atoms with E-state index in [0.717, 1.165) is 11.2 Å². The standard InChI is InChI=1S/C11H11BrN2O2.BrH/c1-3-16-11(15)9-10(12)14-5-4-7(2)6-8(14)13-9;/h4-6H,3H2,1-2H3;1H. The van der Waals surface area contributed by atoms with Gasteiger partial charge in [-0.1, -0.05) is 0 Å². The van der Waals surface area contributed by atoms with Gasteiger partial charge in [0.05, 0.1) is 6.61 Å². The third-order valence-electron chi connectivity index (χ3n) is 2.19. The number of nitrogens with zero attached hydrogens (tertiary/aromatic N) is 2. The topological polar surface area (TPSA) is 43.6 Å². The molecule has 0 spiro atoms. The fraction of sp³-hybridized carbons (Fsp3) is 0.273. The number of rotatable bonds is 2. The molecule has 17 heavy (non-hydrogen) atoms. The number of halogens is 2. The van der Waals surface area contributed by atoms with E-state index in [1.807, 2.05) is 25.3 Å². The zero-order valence-electron chi connectivity index (χ0n) is 9.44. The number of aromatic nitrogens is 2. The van der Waals surface area contributed by atoms with Crippen molar-refractivity contribution in [3.8, 4) is 0 Å². The summed E-state index contributed by atoms with van der Waals surface area (Å²) in [5.74, 6) is -0.407.